The number of rotatable bonds is 4. The van der Waals surface area contributed by atoms with Gasteiger partial charge >= 0.3 is 12.3 Å². The summed E-state index contributed by atoms with van der Waals surface area (Å²) >= 11 is 0. The Labute approximate surface area is 119 Å². The third kappa shape index (κ3) is 2.96. The predicted octanol–water partition coefficient (Wildman–Crippen LogP) is 1.92. The molecular weight excluding hydrogens is 291 g/mol. The van der Waals surface area contributed by atoms with Crippen LogP contribution < -0.4 is 0 Å². The number of alkyl halides is 3. The van der Waals surface area contributed by atoms with Crippen LogP contribution in [0.1, 0.15) is 25.7 Å². The fraction of sp³-hybridized carbons (Fsp3) is 0.750. The van der Waals surface area contributed by atoms with Crippen molar-refractivity contribution < 1.29 is 27.9 Å². The Hall–Kier alpha value is -1.80. The summed E-state index contributed by atoms with van der Waals surface area (Å²) in [6, 6.07) is 0. The van der Waals surface area contributed by atoms with Gasteiger partial charge in [-0.2, -0.15) is 18.3 Å². The van der Waals surface area contributed by atoms with Crippen molar-refractivity contribution in [1.82, 2.24) is 9.91 Å². The van der Waals surface area contributed by atoms with Gasteiger partial charge in [-0.05, 0) is 12.8 Å². The summed E-state index contributed by atoms with van der Waals surface area (Å²) in [6.07, 6.45) is -5.19. The minimum atomic E-state index is -4.36. The van der Waals surface area contributed by atoms with Gasteiger partial charge in [-0.3, -0.25) is 4.79 Å². The van der Waals surface area contributed by atoms with Crippen LogP contribution in [0.3, 0.4) is 0 Å². The van der Waals surface area contributed by atoms with Gasteiger partial charge in [0, 0.05) is 7.05 Å². The fourth-order valence-corrected chi connectivity index (χ4v) is 2.50. The summed E-state index contributed by atoms with van der Waals surface area (Å²) in [6.45, 7) is -0.563. The van der Waals surface area contributed by atoms with Gasteiger partial charge in [-0.15, -0.1) is 0 Å². The highest BCUT2D eigenvalue weighted by Crippen LogP contribution is 2.53. The largest absolute Gasteiger partial charge is 0.465 e. The Kier molecular flexibility index (Phi) is 3.85. The lowest BCUT2D eigenvalue weighted by atomic mass is 9.68. The van der Waals surface area contributed by atoms with E-state index in [1.165, 1.54) is 7.05 Å². The van der Waals surface area contributed by atoms with Crippen LogP contribution >= 0.6 is 0 Å². The molecule has 6 nitrogen and oxygen atoms in total. The zero-order chi connectivity index (χ0) is 15.8. The number of halogens is 3. The molecule has 0 aromatic rings. The molecule has 0 spiro atoms. The molecule has 0 aromatic carbocycles. The summed E-state index contributed by atoms with van der Waals surface area (Å²) in [4.78, 5) is 23.4. The van der Waals surface area contributed by atoms with Crippen LogP contribution in [-0.2, 0) is 4.79 Å². The van der Waals surface area contributed by atoms with Crippen molar-refractivity contribution >= 4 is 17.7 Å². The van der Waals surface area contributed by atoms with Crippen molar-refractivity contribution in [3.63, 3.8) is 0 Å². The van der Waals surface area contributed by atoms with Gasteiger partial charge in [-0.25, -0.2) is 9.80 Å². The smallest absolute Gasteiger partial charge is 0.407 e. The number of hydrogen-bond acceptors (Lipinski definition) is 3. The second-order valence-corrected chi connectivity index (χ2v) is 5.56. The Morgan fingerprint density at radius 1 is 1.48 bits per heavy atom. The first-order chi connectivity index (χ1) is 9.64. The average Bonchev–Trinajstić information content (AvgIpc) is 2.62. The summed E-state index contributed by atoms with van der Waals surface area (Å²) < 4.78 is 39.2. The van der Waals surface area contributed by atoms with Crippen molar-refractivity contribution in [1.29, 1.82) is 0 Å². The van der Waals surface area contributed by atoms with Crippen LogP contribution in [0.25, 0.3) is 0 Å². The molecule has 2 amide bonds. The summed E-state index contributed by atoms with van der Waals surface area (Å²) in [5.74, 6) is -0.515. The molecule has 2 rings (SSSR count). The van der Waals surface area contributed by atoms with E-state index in [0.29, 0.717) is 6.42 Å². The number of amides is 2. The highest BCUT2D eigenvalue weighted by Gasteiger charge is 2.59. The lowest BCUT2D eigenvalue weighted by Gasteiger charge is -2.44. The van der Waals surface area contributed by atoms with Crippen molar-refractivity contribution in [2.24, 2.45) is 10.5 Å². The molecular formula is C12H16F3N3O3. The quantitative estimate of drug-likeness (QED) is 0.862. The normalized spacial score (nSPS) is 21.0. The van der Waals surface area contributed by atoms with E-state index < -0.39 is 30.1 Å². The number of carbonyl (C=O) groups is 2. The van der Waals surface area contributed by atoms with Crippen LogP contribution in [-0.4, -0.2) is 59.0 Å². The van der Waals surface area contributed by atoms with Crippen LogP contribution in [0.5, 0.6) is 0 Å². The zero-order valence-electron chi connectivity index (χ0n) is 11.5. The lowest BCUT2D eigenvalue weighted by Crippen LogP contribution is -2.51. The van der Waals surface area contributed by atoms with Gasteiger partial charge in [0.2, 0.25) is 5.91 Å². The third-order valence-electron chi connectivity index (χ3n) is 4.02. The lowest BCUT2D eigenvalue weighted by molar-refractivity contribution is -0.255. The number of carbonyl (C=O) groups excluding carboxylic acids is 1. The molecule has 1 N–H and O–H groups in total. The molecule has 0 bridgehead atoms. The first-order valence-corrected chi connectivity index (χ1v) is 6.52. The molecule has 9 heteroatoms. The zero-order valence-corrected chi connectivity index (χ0v) is 11.5. The number of carboxylic acid groups (broad SMARTS) is 1. The summed E-state index contributed by atoms with van der Waals surface area (Å²) in [5, 5.41) is 13.5. The SMILES string of the molecule is CN(CC1=NN(CC2(C(F)(F)F)CCC2)C(=O)C1)C(=O)O. The first kappa shape index (κ1) is 15.6. The molecule has 1 fully saturated rings. The molecule has 1 aliphatic carbocycles. The van der Waals surface area contributed by atoms with E-state index in [2.05, 4.69) is 5.10 Å². The van der Waals surface area contributed by atoms with Crippen molar-refractivity contribution in [2.45, 2.75) is 31.9 Å². The van der Waals surface area contributed by atoms with Crippen molar-refractivity contribution in [3.8, 4) is 0 Å². The highest BCUT2D eigenvalue weighted by molar-refractivity contribution is 6.06. The molecule has 0 radical (unpaired) electrons. The molecule has 21 heavy (non-hydrogen) atoms. The van der Waals surface area contributed by atoms with E-state index >= 15 is 0 Å². The van der Waals surface area contributed by atoms with E-state index in [9.17, 15) is 22.8 Å². The number of nitrogens with zero attached hydrogens (tertiary/aromatic N) is 3. The Balaban J connectivity index is 2.05. The molecule has 0 aromatic heterocycles. The number of hydrazone groups is 1. The minimum Gasteiger partial charge on any atom is -0.465 e. The molecule has 0 atom stereocenters. The van der Waals surface area contributed by atoms with E-state index in [-0.39, 0.29) is 31.5 Å². The minimum absolute atomic E-state index is 0.000161. The second kappa shape index (κ2) is 5.19. The monoisotopic (exact) mass is 307 g/mol. The standard InChI is InChI=1S/C12H16F3N3O3/c1-17(10(20)21)6-8-5-9(19)18(16-8)7-11(3-2-4-11)12(13,14)15/h2-7H2,1H3,(H,20,21). The van der Waals surface area contributed by atoms with Gasteiger partial charge in [0.1, 0.15) is 0 Å². The van der Waals surface area contributed by atoms with Crippen molar-refractivity contribution in [3.05, 3.63) is 0 Å². The topological polar surface area (TPSA) is 73.2 Å². The maximum Gasteiger partial charge on any atom is 0.407 e. The van der Waals surface area contributed by atoms with Crippen LogP contribution in [0.4, 0.5) is 18.0 Å². The van der Waals surface area contributed by atoms with Gasteiger partial charge in [0.25, 0.3) is 0 Å². The molecule has 1 saturated carbocycles. The van der Waals surface area contributed by atoms with Crippen LogP contribution in [0.15, 0.2) is 5.10 Å². The Morgan fingerprint density at radius 3 is 2.52 bits per heavy atom. The van der Waals surface area contributed by atoms with E-state index in [1.807, 2.05) is 0 Å². The van der Waals surface area contributed by atoms with Crippen LogP contribution in [0.2, 0.25) is 0 Å². The maximum absolute atomic E-state index is 13.1. The maximum atomic E-state index is 13.1. The Morgan fingerprint density at radius 2 is 2.10 bits per heavy atom. The van der Waals surface area contributed by atoms with Gasteiger partial charge in [0.05, 0.1) is 30.6 Å². The van der Waals surface area contributed by atoms with E-state index in [1.54, 1.807) is 0 Å². The number of hydrogen-bond donors (Lipinski definition) is 1. The average molecular weight is 307 g/mol. The predicted molar refractivity (Wildman–Crippen MR) is 66.8 cm³/mol. The van der Waals surface area contributed by atoms with Gasteiger partial charge in [-0.1, -0.05) is 6.42 Å². The van der Waals surface area contributed by atoms with Crippen molar-refractivity contribution in [2.75, 3.05) is 20.1 Å². The molecule has 1 heterocycles. The summed E-state index contributed by atoms with van der Waals surface area (Å²) in [7, 11) is 1.31. The summed E-state index contributed by atoms with van der Waals surface area (Å²) in [5.41, 5.74) is -1.60. The molecule has 1 aliphatic heterocycles. The van der Waals surface area contributed by atoms with E-state index in [4.69, 9.17) is 5.11 Å². The molecule has 118 valence electrons. The third-order valence-corrected chi connectivity index (χ3v) is 4.02. The Bertz CT molecular complexity index is 486. The molecule has 2 aliphatic rings. The van der Waals surface area contributed by atoms with Gasteiger partial charge in [0.15, 0.2) is 0 Å². The second-order valence-electron chi connectivity index (χ2n) is 5.56. The van der Waals surface area contributed by atoms with E-state index in [0.717, 1.165) is 9.91 Å². The fourth-order valence-electron chi connectivity index (χ4n) is 2.50. The highest BCUT2D eigenvalue weighted by atomic mass is 19.4. The molecule has 0 unspecified atom stereocenters. The van der Waals surface area contributed by atoms with Gasteiger partial charge < -0.3 is 10.0 Å². The van der Waals surface area contributed by atoms with Crippen LogP contribution in [0, 0.1) is 5.41 Å². The first-order valence-electron chi connectivity index (χ1n) is 6.52. The molecule has 0 saturated heterocycles.